The third-order valence-electron chi connectivity index (χ3n) is 7.38. The molecule has 1 fully saturated rings. The molecule has 1 aliphatic heterocycles. The largest absolute Gasteiger partial charge is 0.335 e. The zero-order chi connectivity index (χ0) is 29.4. The normalized spacial score (nSPS) is 14.4. The number of rotatable bonds is 5. The molecule has 0 unspecified atom stereocenters. The Hall–Kier alpha value is -5.20. The van der Waals surface area contributed by atoms with E-state index in [9.17, 15) is 14.4 Å². The van der Waals surface area contributed by atoms with E-state index in [0.717, 1.165) is 44.2 Å². The molecule has 42 heavy (non-hydrogen) atoms. The summed E-state index contributed by atoms with van der Waals surface area (Å²) in [6, 6.07) is 33.6. The first-order valence-electron chi connectivity index (χ1n) is 13.4. The maximum absolute atomic E-state index is 13.8. The van der Waals surface area contributed by atoms with Crippen LogP contribution in [0.2, 0.25) is 5.02 Å². The van der Waals surface area contributed by atoms with E-state index >= 15 is 0 Å². The average molecular weight is 572 g/mol. The SMILES string of the molecule is Cc1ccc(N2C(=O)NC(=O)/C(=C/c3cc(-c4ccccc4)n(-c4ccc(Cl)cc4)c3-c3ccccc3)C2=O)cc1C. The number of amides is 4. The second-order valence-electron chi connectivity index (χ2n) is 10.1. The average Bonchev–Trinajstić information content (AvgIpc) is 3.37. The van der Waals surface area contributed by atoms with Gasteiger partial charge in [-0.05, 0) is 84.6 Å². The van der Waals surface area contributed by atoms with Crippen molar-refractivity contribution in [2.45, 2.75) is 13.8 Å². The number of imide groups is 2. The molecule has 0 atom stereocenters. The number of carbonyl (C=O) groups is 3. The van der Waals surface area contributed by atoms with Gasteiger partial charge in [-0.1, -0.05) is 78.3 Å². The van der Waals surface area contributed by atoms with Crippen LogP contribution in [0.15, 0.2) is 115 Å². The molecule has 0 spiro atoms. The number of halogens is 1. The van der Waals surface area contributed by atoms with Gasteiger partial charge >= 0.3 is 6.03 Å². The van der Waals surface area contributed by atoms with Gasteiger partial charge in [0.2, 0.25) is 0 Å². The van der Waals surface area contributed by atoms with Crippen molar-refractivity contribution in [3.8, 4) is 28.2 Å². The van der Waals surface area contributed by atoms with Gasteiger partial charge in [0.1, 0.15) is 5.57 Å². The minimum atomic E-state index is -0.780. The third kappa shape index (κ3) is 4.93. The Bertz CT molecular complexity index is 1870. The van der Waals surface area contributed by atoms with Gasteiger partial charge in [-0.3, -0.25) is 14.9 Å². The van der Waals surface area contributed by atoms with Crippen LogP contribution >= 0.6 is 11.6 Å². The number of hydrogen-bond acceptors (Lipinski definition) is 3. The lowest BCUT2D eigenvalue weighted by Gasteiger charge is -2.27. The highest BCUT2D eigenvalue weighted by Gasteiger charge is 2.37. The summed E-state index contributed by atoms with van der Waals surface area (Å²) in [4.78, 5) is 40.9. The third-order valence-corrected chi connectivity index (χ3v) is 7.63. The predicted octanol–water partition coefficient (Wildman–Crippen LogP) is 7.75. The van der Waals surface area contributed by atoms with Gasteiger partial charge in [0, 0.05) is 16.3 Å². The van der Waals surface area contributed by atoms with Gasteiger partial charge in [-0.2, -0.15) is 0 Å². The van der Waals surface area contributed by atoms with Gasteiger partial charge in [-0.25, -0.2) is 9.69 Å². The number of nitrogens with one attached hydrogen (secondary N) is 1. The van der Waals surface area contributed by atoms with Crippen molar-refractivity contribution < 1.29 is 14.4 Å². The Balaban J connectivity index is 1.59. The minimum absolute atomic E-state index is 0.141. The highest BCUT2D eigenvalue weighted by Crippen LogP contribution is 2.38. The second kappa shape index (κ2) is 11.0. The van der Waals surface area contributed by atoms with Crippen LogP contribution < -0.4 is 10.2 Å². The summed E-state index contributed by atoms with van der Waals surface area (Å²) in [7, 11) is 0. The Morgan fingerprint density at radius 2 is 1.31 bits per heavy atom. The van der Waals surface area contributed by atoms with Crippen molar-refractivity contribution in [2.24, 2.45) is 0 Å². The summed E-state index contributed by atoms with van der Waals surface area (Å²) in [5.41, 5.74) is 7.16. The molecule has 0 bridgehead atoms. The molecule has 1 saturated heterocycles. The van der Waals surface area contributed by atoms with Crippen LogP contribution in [0.5, 0.6) is 0 Å². The Kier molecular flexibility index (Phi) is 7.07. The molecule has 1 aromatic heterocycles. The molecule has 6 nitrogen and oxygen atoms in total. The number of benzene rings is 4. The van der Waals surface area contributed by atoms with Crippen molar-refractivity contribution in [2.75, 3.05) is 4.90 Å². The summed E-state index contributed by atoms with van der Waals surface area (Å²) in [5, 5.41) is 2.96. The molecule has 1 N–H and O–H groups in total. The molecule has 6 rings (SSSR count). The quantitative estimate of drug-likeness (QED) is 0.173. The first kappa shape index (κ1) is 27.0. The lowest BCUT2D eigenvalue weighted by Crippen LogP contribution is -2.54. The molecule has 0 radical (unpaired) electrons. The van der Waals surface area contributed by atoms with Crippen molar-refractivity contribution >= 4 is 41.2 Å². The Labute approximate surface area is 248 Å². The fourth-order valence-electron chi connectivity index (χ4n) is 5.12. The highest BCUT2D eigenvalue weighted by atomic mass is 35.5. The number of nitrogens with zero attached hydrogens (tertiary/aromatic N) is 2. The van der Waals surface area contributed by atoms with Gasteiger partial charge in [-0.15, -0.1) is 0 Å². The number of aryl methyl sites for hydroxylation is 2. The molecule has 1 aliphatic rings. The van der Waals surface area contributed by atoms with Crippen LogP contribution in [0, 0.1) is 13.8 Å². The van der Waals surface area contributed by atoms with E-state index in [0.29, 0.717) is 16.3 Å². The summed E-state index contributed by atoms with van der Waals surface area (Å²) < 4.78 is 2.09. The summed E-state index contributed by atoms with van der Waals surface area (Å²) >= 11 is 6.24. The lowest BCUT2D eigenvalue weighted by molar-refractivity contribution is -0.122. The number of urea groups is 1. The second-order valence-corrected chi connectivity index (χ2v) is 10.5. The summed E-state index contributed by atoms with van der Waals surface area (Å²) in [5.74, 6) is -1.43. The molecule has 206 valence electrons. The molecule has 5 aromatic rings. The topological polar surface area (TPSA) is 71.4 Å². The standard InChI is InChI=1S/C35H26ClN3O3/c1-22-13-16-29(19-23(22)2)39-34(41)30(33(40)37-35(39)42)20-26-21-31(24-9-5-3-6-10-24)38(28-17-14-27(36)15-18-28)32(26)25-11-7-4-8-12-25/h3-21H,1-2H3,(H,37,40,42)/b30-20-. The Morgan fingerprint density at radius 1 is 0.690 bits per heavy atom. The zero-order valence-corrected chi connectivity index (χ0v) is 23.7. The van der Waals surface area contributed by atoms with E-state index in [1.54, 1.807) is 18.2 Å². The van der Waals surface area contributed by atoms with Crippen molar-refractivity contribution in [3.05, 3.63) is 136 Å². The smallest absolute Gasteiger partial charge is 0.309 e. The minimum Gasteiger partial charge on any atom is -0.309 e. The van der Waals surface area contributed by atoms with Crippen LogP contribution in [-0.2, 0) is 9.59 Å². The number of carbonyl (C=O) groups excluding carboxylic acids is 3. The van der Waals surface area contributed by atoms with Crippen molar-refractivity contribution in [1.82, 2.24) is 9.88 Å². The molecule has 7 heteroatoms. The predicted molar refractivity (Wildman–Crippen MR) is 167 cm³/mol. The monoisotopic (exact) mass is 571 g/mol. The maximum Gasteiger partial charge on any atom is 0.335 e. The van der Waals surface area contributed by atoms with Crippen molar-refractivity contribution in [1.29, 1.82) is 0 Å². The molecule has 4 amide bonds. The van der Waals surface area contributed by atoms with E-state index in [-0.39, 0.29) is 5.57 Å². The van der Waals surface area contributed by atoms with Crippen LogP contribution in [-0.4, -0.2) is 22.4 Å². The molecule has 2 heterocycles. The highest BCUT2D eigenvalue weighted by molar-refractivity contribution is 6.39. The van der Waals surface area contributed by atoms with Crippen LogP contribution in [0.25, 0.3) is 34.3 Å². The molecule has 0 saturated carbocycles. The van der Waals surface area contributed by atoms with E-state index in [1.807, 2.05) is 111 Å². The van der Waals surface area contributed by atoms with Gasteiger partial charge in [0.25, 0.3) is 11.8 Å². The van der Waals surface area contributed by atoms with Crippen LogP contribution in [0.4, 0.5) is 10.5 Å². The van der Waals surface area contributed by atoms with Crippen LogP contribution in [0.3, 0.4) is 0 Å². The van der Waals surface area contributed by atoms with E-state index in [1.165, 1.54) is 0 Å². The molecule has 0 aliphatic carbocycles. The fourth-order valence-corrected chi connectivity index (χ4v) is 5.25. The fraction of sp³-hybridized carbons (Fsp3) is 0.0571. The molecule has 4 aromatic carbocycles. The molecular formula is C35H26ClN3O3. The number of anilines is 1. The van der Waals surface area contributed by atoms with Crippen molar-refractivity contribution in [3.63, 3.8) is 0 Å². The maximum atomic E-state index is 13.8. The zero-order valence-electron chi connectivity index (χ0n) is 23.0. The van der Waals surface area contributed by atoms with Crippen LogP contribution in [0.1, 0.15) is 16.7 Å². The first-order valence-corrected chi connectivity index (χ1v) is 13.8. The van der Waals surface area contributed by atoms with E-state index < -0.39 is 17.8 Å². The number of aromatic nitrogens is 1. The number of barbiturate groups is 1. The Morgan fingerprint density at radius 3 is 1.95 bits per heavy atom. The summed E-state index contributed by atoms with van der Waals surface area (Å²) in [6.07, 6.45) is 1.57. The lowest BCUT2D eigenvalue weighted by atomic mass is 10.0. The van der Waals surface area contributed by atoms with E-state index in [4.69, 9.17) is 11.6 Å². The molecular weight excluding hydrogens is 546 g/mol. The van der Waals surface area contributed by atoms with Gasteiger partial charge in [0.15, 0.2) is 0 Å². The summed E-state index contributed by atoms with van der Waals surface area (Å²) in [6.45, 7) is 3.86. The van der Waals surface area contributed by atoms with Gasteiger partial charge < -0.3 is 4.57 Å². The first-order chi connectivity index (χ1) is 20.3. The van der Waals surface area contributed by atoms with E-state index in [2.05, 4.69) is 9.88 Å². The van der Waals surface area contributed by atoms with Gasteiger partial charge in [0.05, 0.1) is 17.1 Å². The number of hydrogen-bond donors (Lipinski definition) is 1.